The minimum atomic E-state index is -4.95. The summed E-state index contributed by atoms with van der Waals surface area (Å²) in [5.74, 6) is -1.59. The second-order valence-electron chi connectivity index (χ2n) is 13.7. The van der Waals surface area contributed by atoms with Crippen LogP contribution in [-0.2, 0) is 30.4 Å². The molecule has 23 heteroatoms. The Labute approximate surface area is 386 Å². The van der Waals surface area contributed by atoms with E-state index in [-0.39, 0.29) is 73.7 Å². The molecule has 0 heterocycles. The first kappa shape index (κ1) is 47.0. The molecule has 19 nitrogen and oxygen atoms in total. The number of benzene rings is 7. The number of phenolic OH excluding ortho intramolecular Hbond substituents is 1. The van der Waals surface area contributed by atoms with Crippen molar-refractivity contribution in [3.8, 4) is 5.75 Å². The van der Waals surface area contributed by atoms with Gasteiger partial charge in [0, 0.05) is 39.0 Å². The standard InChI is InChI=1S/C41H31N7O12S3.Na/c1-22-16-29(13-15-35(22)47-46-31-11-6-25-18-32(61(52,53)54)21-36(34(25)20-31)62(55,56)57)43-41(51)24-4-9-28(10-5-24)45-48-38-37(63(58,59)60)19-26-17-30(12-14-33(26)39(38)49)44-40(50)23-2-7-27(42)8-3-23;/h2-21,49H,42H2,1H3,(H,43,51)(H,44,50)(H,52,53,54)(H,55,56,57)(H,58,59,60);/q;+1. The van der Waals surface area contributed by atoms with Crippen molar-refractivity contribution >= 4 is 104 Å². The molecule has 7 aromatic carbocycles. The van der Waals surface area contributed by atoms with Crippen LogP contribution in [-0.4, -0.2) is 55.8 Å². The van der Waals surface area contributed by atoms with E-state index in [0.29, 0.717) is 34.3 Å². The maximum Gasteiger partial charge on any atom is 1.00 e. The number of aryl methyl sites for hydroxylation is 1. The number of nitrogen functional groups attached to an aromatic ring is 1. The Morgan fingerprint density at radius 3 is 1.70 bits per heavy atom. The summed E-state index contributed by atoms with van der Waals surface area (Å²) >= 11 is 0. The predicted octanol–water partition coefficient (Wildman–Crippen LogP) is 5.67. The molecule has 0 aromatic heterocycles. The van der Waals surface area contributed by atoms with Crippen LogP contribution in [0.25, 0.3) is 21.5 Å². The van der Waals surface area contributed by atoms with Gasteiger partial charge in [0.15, 0.2) is 5.75 Å². The van der Waals surface area contributed by atoms with Gasteiger partial charge in [-0.2, -0.15) is 40.6 Å². The van der Waals surface area contributed by atoms with Gasteiger partial charge in [-0.1, -0.05) is 6.07 Å². The van der Waals surface area contributed by atoms with Gasteiger partial charge in [0.2, 0.25) is 0 Å². The first-order valence-corrected chi connectivity index (χ1v) is 22.3. The molecule has 0 saturated carbocycles. The number of hydrogen-bond donors (Lipinski definition) is 7. The van der Waals surface area contributed by atoms with Gasteiger partial charge in [-0.05, 0) is 139 Å². The minimum Gasteiger partial charge on any atom is -0.505 e. The Balaban J connectivity index is 0.00000680. The molecule has 8 N–H and O–H groups in total. The Hall–Kier alpha value is -6.47. The van der Waals surface area contributed by atoms with Crippen LogP contribution in [0.15, 0.2) is 156 Å². The third-order valence-electron chi connectivity index (χ3n) is 9.33. The Morgan fingerprint density at radius 1 is 0.547 bits per heavy atom. The van der Waals surface area contributed by atoms with E-state index in [1.807, 2.05) is 0 Å². The summed E-state index contributed by atoms with van der Waals surface area (Å²) in [7, 11) is -14.6. The first-order chi connectivity index (χ1) is 29.6. The fourth-order valence-electron chi connectivity index (χ4n) is 6.22. The summed E-state index contributed by atoms with van der Waals surface area (Å²) in [5.41, 5.74) is 8.02. The van der Waals surface area contributed by atoms with Crippen LogP contribution in [0.2, 0.25) is 0 Å². The van der Waals surface area contributed by atoms with E-state index in [9.17, 15) is 53.6 Å². The third kappa shape index (κ3) is 10.6. The minimum absolute atomic E-state index is 0. The van der Waals surface area contributed by atoms with E-state index >= 15 is 0 Å². The number of azo groups is 2. The smallest absolute Gasteiger partial charge is 0.505 e. The Kier molecular flexibility index (Phi) is 13.5. The molecule has 0 fully saturated rings. The quantitative estimate of drug-likeness (QED) is 0.0356. The number of aromatic hydroxyl groups is 1. The van der Waals surface area contributed by atoms with E-state index in [2.05, 4.69) is 31.1 Å². The number of anilines is 3. The van der Waals surface area contributed by atoms with Gasteiger partial charge in [-0.3, -0.25) is 23.2 Å². The summed E-state index contributed by atoms with van der Waals surface area (Å²) in [6, 6.07) is 27.6. The predicted molar refractivity (Wildman–Crippen MR) is 232 cm³/mol. The van der Waals surface area contributed by atoms with Crippen LogP contribution < -0.4 is 45.9 Å². The van der Waals surface area contributed by atoms with Crippen molar-refractivity contribution in [1.29, 1.82) is 0 Å². The number of rotatable bonds is 11. The van der Waals surface area contributed by atoms with Crippen LogP contribution in [0.5, 0.6) is 5.75 Å². The second-order valence-corrected chi connectivity index (χ2v) is 17.9. The zero-order valence-corrected chi connectivity index (χ0v) is 37.6. The number of nitrogens with zero attached hydrogens (tertiary/aromatic N) is 4. The van der Waals surface area contributed by atoms with Crippen molar-refractivity contribution in [3.63, 3.8) is 0 Å². The van der Waals surface area contributed by atoms with Gasteiger partial charge in [0.25, 0.3) is 42.2 Å². The number of amides is 2. The molecule has 0 aliphatic rings. The van der Waals surface area contributed by atoms with Crippen LogP contribution >= 0.6 is 0 Å². The number of nitrogens with one attached hydrogen (secondary N) is 2. The molecule has 0 bridgehead atoms. The fourth-order valence-corrected chi connectivity index (χ4v) is 8.22. The van der Waals surface area contributed by atoms with E-state index in [0.717, 1.165) is 12.1 Å². The largest absolute Gasteiger partial charge is 1.00 e. The fraction of sp³-hybridized carbons (Fsp3) is 0.0244. The number of carbonyl (C=O) groups excluding carboxylic acids is 2. The van der Waals surface area contributed by atoms with Gasteiger partial charge in [-0.15, -0.1) is 5.11 Å². The van der Waals surface area contributed by atoms with Gasteiger partial charge in [0.1, 0.15) is 15.5 Å². The monoisotopic (exact) mass is 932 g/mol. The summed E-state index contributed by atoms with van der Waals surface area (Å²) in [6.45, 7) is 1.69. The average Bonchev–Trinajstić information content (AvgIpc) is 3.21. The van der Waals surface area contributed by atoms with Crippen molar-refractivity contribution in [3.05, 3.63) is 138 Å². The number of carbonyl (C=O) groups is 2. The first-order valence-electron chi connectivity index (χ1n) is 18.0. The SMILES string of the molecule is Cc1cc(NC(=O)c2ccc(N=Nc3c(S(=O)(=O)O)cc4cc(NC(=O)c5ccc(N)cc5)ccc4c3O)cc2)ccc1N=Nc1ccc2cc(S(=O)(=O)O)cc(S(=O)(=O)O)c2c1.[Na+]. The van der Waals surface area contributed by atoms with Crippen LogP contribution in [0.3, 0.4) is 0 Å². The van der Waals surface area contributed by atoms with Crippen molar-refractivity contribution in [2.24, 2.45) is 20.5 Å². The van der Waals surface area contributed by atoms with E-state index in [1.54, 1.807) is 37.3 Å². The molecule has 7 rings (SSSR count). The average molecular weight is 933 g/mol. The summed E-state index contributed by atoms with van der Waals surface area (Å²) in [4.78, 5) is 23.6. The zero-order valence-electron chi connectivity index (χ0n) is 33.2. The maximum absolute atomic E-state index is 13.1. The van der Waals surface area contributed by atoms with Crippen molar-refractivity contribution in [2.75, 3.05) is 16.4 Å². The number of hydrogen-bond acceptors (Lipinski definition) is 14. The normalized spacial score (nSPS) is 12.1. The van der Waals surface area contributed by atoms with Crippen molar-refractivity contribution in [2.45, 2.75) is 21.6 Å². The van der Waals surface area contributed by atoms with Crippen LogP contribution in [0.1, 0.15) is 26.3 Å². The molecule has 0 saturated heterocycles. The van der Waals surface area contributed by atoms with Crippen molar-refractivity contribution in [1.82, 2.24) is 0 Å². The molecule has 0 spiro atoms. The molecule has 0 aliphatic carbocycles. The molecule has 7 aromatic rings. The third-order valence-corrected chi connectivity index (χ3v) is 11.9. The zero-order chi connectivity index (χ0) is 45.4. The molecule has 320 valence electrons. The van der Waals surface area contributed by atoms with E-state index < -0.39 is 68.3 Å². The molecule has 0 unspecified atom stereocenters. The van der Waals surface area contributed by atoms with Gasteiger partial charge in [-0.25, -0.2) is 0 Å². The number of fused-ring (bicyclic) bond motifs is 2. The van der Waals surface area contributed by atoms with E-state index in [1.165, 1.54) is 72.8 Å². The Bertz CT molecular complexity index is 3440. The summed E-state index contributed by atoms with van der Waals surface area (Å²) in [5, 5.41) is 33.0. The van der Waals surface area contributed by atoms with Crippen LogP contribution in [0.4, 0.5) is 39.8 Å². The molecule has 64 heavy (non-hydrogen) atoms. The van der Waals surface area contributed by atoms with Crippen LogP contribution in [0, 0.1) is 6.92 Å². The molecule has 0 radical (unpaired) electrons. The number of nitrogens with two attached hydrogens (primary N) is 1. The van der Waals surface area contributed by atoms with E-state index in [4.69, 9.17) is 5.73 Å². The number of phenols is 1. The molecular formula is C41H31N7NaO12S3+. The Morgan fingerprint density at radius 2 is 1.11 bits per heavy atom. The summed E-state index contributed by atoms with van der Waals surface area (Å²) in [6.07, 6.45) is 0. The molecule has 2 amide bonds. The molecular weight excluding hydrogens is 902 g/mol. The summed E-state index contributed by atoms with van der Waals surface area (Å²) < 4.78 is 101. The van der Waals surface area contributed by atoms with Gasteiger partial charge < -0.3 is 21.5 Å². The van der Waals surface area contributed by atoms with Crippen molar-refractivity contribution < 1.29 is 83.2 Å². The maximum atomic E-state index is 13.1. The van der Waals surface area contributed by atoms with Gasteiger partial charge >= 0.3 is 29.6 Å². The van der Waals surface area contributed by atoms with Gasteiger partial charge in [0.05, 0.1) is 22.0 Å². The molecule has 0 atom stereocenters. The molecule has 0 aliphatic heterocycles. The topological polar surface area (TPSA) is 317 Å². The second kappa shape index (κ2) is 18.3.